The average molecular weight is 122 g/mol. The number of aldehydes is 1. The highest BCUT2D eigenvalue weighted by molar-refractivity contribution is 5.72. The van der Waals surface area contributed by atoms with Crippen molar-refractivity contribution in [2.24, 2.45) is 0 Å². The van der Waals surface area contributed by atoms with Crippen molar-refractivity contribution >= 4 is 12.5 Å². The van der Waals surface area contributed by atoms with Gasteiger partial charge in [0.05, 0.1) is 6.20 Å². The molecule has 1 aromatic rings. The van der Waals surface area contributed by atoms with Crippen molar-refractivity contribution in [3.63, 3.8) is 0 Å². The molecule has 0 saturated carbocycles. The summed E-state index contributed by atoms with van der Waals surface area (Å²) in [4.78, 5) is 10.1. The molecule has 9 heavy (non-hydrogen) atoms. The third-order valence-corrected chi connectivity index (χ3v) is 0.995. The Balaban J connectivity index is 3.12. The Morgan fingerprint density at radius 3 is 3.00 bits per heavy atom. The summed E-state index contributed by atoms with van der Waals surface area (Å²) in [5.74, 6) is 0. The zero-order valence-corrected chi connectivity index (χ0v) is 4.82. The molecule has 0 unspecified atom stereocenters. The second kappa shape index (κ2) is 2.26. The van der Waals surface area contributed by atoms with Crippen LogP contribution >= 0.6 is 0 Å². The number of rotatable bonds is 2. The predicted molar refractivity (Wildman–Crippen MR) is 34.0 cm³/mol. The Kier molecular flexibility index (Phi) is 1.44. The quantitative estimate of drug-likeness (QED) is 0.544. The van der Waals surface area contributed by atoms with E-state index >= 15 is 0 Å². The second-order valence-corrected chi connectivity index (χ2v) is 1.50. The van der Waals surface area contributed by atoms with Gasteiger partial charge in [-0.05, 0) is 6.07 Å². The maximum Gasteiger partial charge on any atom is 0.168 e. The lowest BCUT2D eigenvalue weighted by molar-refractivity contribution is 0.111. The zero-order chi connectivity index (χ0) is 6.69. The Bertz CT molecular complexity index is 204. The van der Waals surface area contributed by atoms with E-state index in [4.69, 9.17) is 0 Å². The van der Waals surface area contributed by atoms with Crippen LogP contribution in [-0.4, -0.2) is 16.1 Å². The standard InChI is InChI=1S/C6H6N2O/c1-2-8-6(5-9)3-4-7-8/h2-5H,1H2. The first-order valence-electron chi connectivity index (χ1n) is 2.49. The monoisotopic (exact) mass is 122 g/mol. The first kappa shape index (κ1) is 5.75. The van der Waals surface area contributed by atoms with Crippen LogP contribution in [0.2, 0.25) is 0 Å². The summed E-state index contributed by atoms with van der Waals surface area (Å²) in [7, 11) is 0. The van der Waals surface area contributed by atoms with Crippen molar-refractivity contribution in [3.05, 3.63) is 24.5 Å². The fourth-order valence-electron chi connectivity index (χ4n) is 0.570. The van der Waals surface area contributed by atoms with Crippen molar-refractivity contribution in [2.75, 3.05) is 0 Å². The Morgan fingerprint density at radius 2 is 2.56 bits per heavy atom. The van der Waals surface area contributed by atoms with E-state index < -0.39 is 0 Å². The molecule has 3 heteroatoms. The van der Waals surface area contributed by atoms with E-state index in [1.807, 2.05) is 0 Å². The lowest BCUT2D eigenvalue weighted by Gasteiger charge is -1.88. The molecule has 0 aliphatic heterocycles. The molecule has 0 radical (unpaired) electrons. The summed E-state index contributed by atoms with van der Waals surface area (Å²) in [6.45, 7) is 3.45. The third kappa shape index (κ3) is 0.887. The van der Waals surface area contributed by atoms with Gasteiger partial charge in [-0.3, -0.25) is 4.79 Å². The molecule has 0 amide bonds. The van der Waals surface area contributed by atoms with Crippen LogP contribution in [0.5, 0.6) is 0 Å². The summed E-state index contributed by atoms with van der Waals surface area (Å²) < 4.78 is 1.41. The highest BCUT2D eigenvalue weighted by atomic mass is 16.1. The molecule has 0 saturated heterocycles. The summed E-state index contributed by atoms with van der Waals surface area (Å²) in [6.07, 6.45) is 3.75. The Labute approximate surface area is 52.6 Å². The number of hydrogen-bond donors (Lipinski definition) is 0. The molecule has 0 bridgehead atoms. The van der Waals surface area contributed by atoms with Gasteiger partial charge in [-0.1, -0.05) is 6.58 Å². The molecule has 0 aliphatic rings. The van der Waals surface area contributed by atoms with Crippen molar-refractivity contribution in [1.29, 1.82) is 0 Å². The van der Waals surface area contributed by atoms with E-state index in [1.54, 1.807) is 12.3 Å². The van der Waals surface area contributed by atoms with Gasteiger partial charge in [-0.25, -0.2) is 4.68 Å². The maximum atomic E-state index is 10.1. The van der Waals surface area contributed by atoms with Crippen LogP contribution in [0.3, 0.4) is 0 Å². The molecule has 1 rings (SSSR count). The predicted octanol–water partition coefficient (Wildman–Crippen LogP) is 0.796. The van der Waals surface area contributed by atoms with E-state index in [-0.39, 0.29) is 0 Å². The molecule has 0 atom stereocenters. The lowest BCUT2D eigenvalue weighted by Crippen LogP contribution is -1.92. The third-order valence-electron chi connectivity index (χ3n) is 0.995. The number of nitrogens with zero attached hydrogens (tertiary/aromatic N) is 2. The molecule has 0 spiro atoms. The normalized spacial score (nSPS) is 8.89. The van der Waals surface area contributed by atoms with Crippen molar-refractivity contribution in [2.45, 2.75) is 0 Å². The fraction of sp³-hybridized carbons (Fsp3) is 0. The SMILES string of the molecule is C=Cn1nccc1C=O. The maximum absolute atomic E-state index is 10.1. The zero-order valence-electron chi connectivity index (χ0n) is 4.82. The smallest absolute Gasteiger partial charge is 0.168 e. The lowest BCUT2D eigenvalue weighted by atomic mass is 10.5. The minimum atomic E-state index is 0.519. The van der Waals surface area contributed by atoms with Gasteiger partial charge < -0.3 is 0 Å². The van der Waals surface area contributed by atoms with Crippen LogP contribution in [0, 0.1) is 0 Å². The number of carbonyl (C=O) groups is 1. The van der Waals surface area contributed by atoms with E-state index in [0.29, 0.717) is 5.69 Å². The highest BCUT2D eigenvalue weighted by Crippen LogP contribution is 1.92. The van der Waals surface area contributed by atoms with Gasteiger partial charge in [0.15, 0.2) is 6.29 Å². The van der Waals surface area contributed by atoms with Crippen molar-refractivity contribution in [1.82, 2.24) is 9.78 Å². The number of hydrogen-bond acceptors (Lipinski definition) is 2. The molecular formula is C6H6N2O. The van der Waals surface area contributed by atoms with Crippen LogP contribution < -0.4 is 0 Å². The summed E-state index contributed by atoms with van der Waals surface area (Å²) in [5.41, 5.74) is 0.519. The number of carbonyl (C=O) groups excluding carboxylic acids is 1. The van der Waals surface area contributed by atoms with Crippen LogP contribution in [0.1, 0.15) is 10.5 Å². The second-order valence-electron chi connectivity index (χ2n) is 1.50. The summed E-state index contributed by atoms with van der Waals surface area (Å²) >= 11 is 0. The van der Waals surface area contributed by atoms with Gasteiger partial charge in [0.25, 0.3) is 0 Å². The molecule has 0 N–H and O–H groups in total. The van der Waals surface area contributed by atoms with E-state index in [9.17, 15) is 4.79 Å². The van der Waals surface area contributed by atoms with Crippen LogP contribution in [0.15, 0.2) is 18.8 Å². The highest BCUT2D eigenvalue weighted by Gasteiger charge is 1.92. The van der Waals surface area contributed by atoms with Gasteiger partial charge >= 0.3 is 0 Å². The van der Waals surface area contributed by atoms with Crippen molar-refractivity contribution < 1.29 is 4.79 Å². The molecule has 1 heterocycles. The Morgan fingerprint density at radius 1 is 1.78 bits per heavy atom. The van der Waals surface area contributed by atoms with Crippen LogP contribution in [0.4, 0.5) is 0 Å². The molecule has 3 nitrogen and oxygen atoms in total. The van der Waals surface area contributed by atoms with Gasteiger partial charge in [-0.15, -0.1) is 0 Å². The van der Waals surface area contributed by atoms with E-state index in [1.165, 1.54) is 10.9 Å². The minimum Gasteiger partial charge on any atom is -0.296 e. The molecule has 0 aliphatic carbocycles. The first-order valence-corrected chi connectivity index (χ1v) is 2.49. The van der Waals surface area contributed by atoms with Gasteiger partial charge in [-0.2, -0.15) is 5.10 Å². The fourth-order valence-corrected chi connectivity index (χ4v) is 0.570. The topological polar surface area (TPSA) is 34.9 Å². The number of aromatic nitrogens is 2. The summed E-state index contributed by atoms with van der Waals surface area (Å²) in [6, 6.07) is 1.62. The largest absolute Gasteiger partial charge is 0.296 e. The molecule has 46 valence electrons. The van der Waals surface area contributed by atoms with Gasteiger partial charge in [0, 0.05) is 6.20 Å². The molecule has 1 aromatic heterocycles. The van der Waals surface area contributed by atoms with Gasteiger partial charge in [0.2, 0.25) is 0 Å². The van der Waals surface area contributed by atoms with E-state index in [0.717, 1.165) is 6.29 Å². The van der Waals surface area contributed by atoms with Crippen molar-refractivity contribution in [3.8, 4) is 0 Å². The van der Waals surface area contributed by atoms with Crippen LogP contribution in [-0.2, 0) is 0 Å². The molecular weight excluding hydrogens is 116 g/mol. The Hall–Kier alpha value is -1.38. The van der Waals surface area contributed by atoms with E-state index in [2.05, 4.69) is 11.7 Å². The van der Waals surface area contributed by atoms with Crippen LogP contribution in [0.25, 0.3) is 6.20 Å². The molecule has 0 fully saturated rings. The first-order chi connectivity index (χ1) is 4.38. The molecule has 0 aromatic carbocycles. The average Bonchev–Trinajstić information content (AvgIpc) is 2.33. The minimum absolute atomic E-state index is 0.519. The van der Waals surface area contributed by atoms with Gasteiger partial charge in [0.1, 0.15) is 5.69 Å². The summed E-state index contributed by atoms with van der Waals surface area (Å²) in [5, 5.41) is 3.77.